The first kappa shape index (κ1) is 19.1. The maximum Gasteiger partial charge on any atom is 0.225 e. The van der Waals surface area contributed by atoms with Crippen LogP contribution in [-0.2, 0) is 4.79 Å². The molecule has 1 amide bonds. The monoisotopic (exact) mass is 369 g/mol. The molecule has 134 valence electrons. The number of carbonyl (C=O) groups is 1. The van der Waals surface area contributed by atoms with Crippen molar-refractivity contribution in [2.75, 3.05) is 32.4 Å². The number of hydrogen-bond acceptors (Lipinski definition) is 5. The number of hydrogen-bond donors (Lipinski definition) is 2. The fourth-order valence-corrected chi connectivity index (χ4v) is 4.20. The Labute approximate surface area is 152 Å². The molecule has 1 unspecified atom stereocenters. The third-order valence-corrected chi connectivity index (χ3v) is 5.86. The molecular weight excluding hydrogens is 342 g/mol. The highest BCUT2D eigenvalue weighted by Crippen LogP contribution is 2.20. The number of nitrogens with zero attached hydrogens (tertiary/aromatic N) is 3. The van der Waals surface area contributed by atoms with Crippen LogP contribution in [0.1, 0.15) is 26.7 Å². The first-order chi connectivity index (χ1) is 11.6. The van der Waals surface area contributed by atoms with Gasteiger partial charge in [0.25, 0.3) is 0 Å². The summed E-state index contributed by atoms with van der Waals surface area (Å²) in [5, 5.41) is 8.77. The lowest BCUT2D eigenvalue weighted by Crippen LogP contribution is -2.45. The summed E-state index contributed by atoms with van der Waals surface area (Å²) in [6, 6.07) is 0.281. The highest BCUT2D eigenvalue weighted by Gasteiger charge is 2.27. The number of amides is 1. The average molecular weight is 370 g/mol. The maximum absolute atomic E-state index is 12.0. The van der Waals surface area contributed by atoms with Gasteiger partial charge in [-0.05, 0) is 12.8 Å². The molecule has 1 atom stereocenters. The minimum absolute atomic E-state index is 0.0662. The molecule has 1 aromatic rings. The van der Waals surface area contributed by atoms with Gasteiger partial charge in [0.05, 0.1) is 0 Å². The number of carbonyl (C=O) groups excluding carboxylic acids is 1. The molecular formula is C16H27N5OS2. The predicted molar refractivity (Wildman–Crippen MR) is 102 cm³/mol. The van der Waals surface area contributed by atoms with Crippen LogP contribution in [0, 0.1) is 5.92 Å². The molecule has 1 aromatic heterocycles. The van der Waals surface area contributed by atoms with Gasteiger partial charge in [-0.25, -0.2) is 4.98 Å². The standard InChI is InChI=1S/C16H27N5OS2/c1-12(2)14(22)21-8-5-13(11-21)20-15(17-3)18-6-4-9-23-16-19-7-10-24-16/h7,10,12-13H,4-6,8-9,11H2,1-3H3,(H2,17,18,20). The van der Waals surface area contributed by atoms with Crippen LogP contribution in [0.3, 0.4) is 0 Å². The van der Waals surface area contributed by atoms with Gasteiger partial charge in [0.1, 0.15) is 4.34 Å². The van der Waals surface area contributed by atoms with E-state index in [-0.39, 0.29) is 17.9 Å². The van der Waals surface area contributed by atoms with Crippen LogP contribution in [0.25, 0.3) is 0 Å². The second-order valence-electron chi connectivity index (χ2n) is 6.07. The van der Waals surface area contributed by atoms with E-state index in [1.54, 1.807) is 30.1 Å². The zero-order valence-electron chi connectivity index (χ0n) is 14.6. The molecule has 2 N–H and O–H groups in total. The average Bonchev–Trinajstić information content (AvgIpc) is 3.24. The molecule has 1 fully saturated rings. The van der Waals surface area contributed by atoms with Crippen molar-refractivity contribution < 1.29 is 4.79 Å². The van der Waals surface area contributed by atoms with Crippen molar-refractivity contribution in [1.82, 2.24) is 20.5 Å². The Hall–Kier alpha value is -1.28. The van der Waals surface area contributed by atoms with E-state index in [0.717, 1.165) is 48.5 Å². The summed E-state index contributed by atoms with van der Waals surface area (Å²) in [4.78, 5) is 22.5. The minimum Gasteiger partial charge on any atom is -0.356 e. The molecule has 0 bridgehead atoms. The molecule has 0 aromatic carbocycles. The Bertz CT molecular complexity index is 533. The SMILES string of the molecule is CN=C(NCCCSc1nccs1)NC1CCN(C(=O)C(C)C)C1. The number of thiazole rings is 1. The van der Waals surface area contributed by atoms with Crippen molar-refractivity contribution >= 4 is 35.0 Å². The van der Waals surface area contributed by atoms with Crippen LogP contribution >= 0.6 is 23.1 Å². The summed E-state index contributed by atoms with van der Waals surface area (Å²) in [5.41, 5.74) is 0. The summed E-state index contributed by atoms with van der Waals surface area (Å²) in [5.74, 6) is 2.16. The van der Waals surface area contributed by atoms with Gasteiger partial charge in [-0.3, -0.25) is 9.79 Å². The van der Waals surface area contributed by atoms with Crippen LogP contribution in [0.2, 0.25) is 0 Å². The minimum atomic E-state index is 0.0662. The fraction of sp³-hybridized carbons (Fsp3) is 0.688. The molecule has 2 rings (SSSR count). The van der Waals surface area contributed by atoms with Crippen LogP contribution in [-0.4, -0.2) is 60.2 Å². The summed E-state index contributed by atoms with van der Waals surface area (Å²) in [6.45, 7) is 6.37. The number of likely N-dealkylation sites (tertiary alicyclic amines) is 1. The summed E-state index contributed by atoms with van der Waals surface area (Å²) < 4.78 is 1.12. The van der Waals surface area contributed by atoms with Crippen LogP contribution in [0.5, 0.6) is 0 Å². The number of rotatable bonds is 7. The Kier molecular flexibility index (Phi) is 7.84. The lowest BCUT2D eigenvalue weighted by molar-refractivity contribution is -0.133. The van der Waals surface area contributed by atoms with Gasteiger partial charge in [-0.1, -0.05) is 25.6 Å². The van der Waals surface area contributed by atoms with Gasteiger partial charge < -0.3 is 15.5 Å². The lowest BCUT2D eigenvalue weighted by Gasteiger charge is -2.20. The van der Waals surface area contributed by atoms with Crippen molar-refractivity contribution in [1.29, 1.82) is 0 Å². The number of guanidine groups is 1. The van der Waals surface area contributed by atoms with E-state index in [9.17, 15) is 4.79 Å². The third kappa shape index (κ3) is 5.98. The molecule has 2 heterocycles. The predicted octanol–water partition coefficient (Wildman–Crippen LogP) is 2.05. The number of nitrogens with one attached hydrogen (secondary N) is 2. The summed E-state index contributed by atoms with van der Waals surface area (Å²) in [6.07, 6.45) is 3.86. The van der Waals surface area contributed by atoms with Crippen molar-refractivity contribution in [3.63, 3.8) is 0 Å². The molecule has 24 heavy (non-hydrogen) atoms. The van der Waals surface area contributed by atoms with E-state index in [2.05, 4.69) is 20.6 Å². The Morgan fingerprint density at radius 3 is 3.08 bits per heavy atom. The van der Waals surface area contributed by atoms with Crippen LogP contribution in [0.15, 0.2) is 20.9 Å². The summed E-state index contributed by atoms with van der Waals surface area (Å²) in [7, 11) is 1.78. The smallest absolute Gasteiger partial charge is 0.225 e. The summed E-state index contributed by atoms with van der Waals surface area (Å²) >= 11 is 3.47. The Balaban J connectivity index is 1.63. The van der Waals surface area contributed by atoms with E-state index in [4.69, 9.17) is 0 Å². The zero-order valence-corrected chi connectivity index (χ0v) is 16.3. The van der Waals surface area contributed by atoms with Crippen molar-refractivity contribution in [3.05, 3.63) is 11.6 Å². The van der Waals surface area contributed by atoms with E-state index < -0.39 is 0 Å². The van der Waals surface area contributed by atoms with Gasteiger partial charge in [-0.2, -0.15) is 0 Å². The molecule has 1 aliphatic heterocycles. The Morgan fingerprint density at radius 2 is 2.42 bits per heavy atom. The molecule has 6 nitrogen and oxygen atoms in total. The van der Waals surface area contributed by atoms with Crippen molar-refractivity contribution in [3.8, 4) is 0 Å². The van der Waals surface area contributed by atoms with Gasteiger partial charge in [0.15, 0.2) is 5.96 Å². The van der Waals surface area contributed by atoms with E-state index >= 15 is 0 Å². The van der Waals surface area contributed by atoms with E-state index in [1.165, 1.54) is 0 Å². The normalized spacial score (nSPS) is 18.2. The topological polar surface area (TPSA) is 69.6 Å². The second kappa shape index (κ2) is 9.88. The van der Waals surface area contributed by atoms with Crippen LogP contribution < -0.4 is 10.6 Å². The van der Waals surface area contributed by atoms with E-state index in [1.807, 2.05) is 30.3 Å². The largest absolute Gasteiger partial charge is 0.356 e. The molecule has 0 aliphatic carbocycles. The van der Waals surface area contributed by atoms with Crippen molar-refractivity contribution in [2.45, 2.75) is 37.1 Å². The maximum atomic E-state index is 12.0. The van der Waals surface area contributed by atoms with Crippen LogP contribution in [0.4, 0.5) is 0 Å². The molecule has 0 saturated carbocycles. The second-order valence-corrected chi connectivity index (χ2v) is 8.30. The number of aliphatic imine (C=N–C) groups is 1. The highest BCUT2D eigenvalue weighted by molar-refractivity contribution is 8.00. The highest BCUT2D eigenvalue weighted by atomic mass is 32.2. The molecule has 0 radical (unpaired) electrons. The third-order valence-electron chi connectivity index (χ3n) is 3.81. The van der Waals surface area contributed by atoms with Gasteiger partial charge in [0.2, 0.25) is 5.91 Å². The lowest BCUT2D eigenvalue weighted by atomic mass is 10.2. The first-order valence-electron chi connectivity index (χ1n) is 8.38. The number of aromatic nitrogens is 1. The molecule has 8 heteroatoms. The van der Waals surface area contributed by atoms with Gasteiger partial charge in [0, 0.05) is 56.0 Å². The first-order valence-corrected chi connectivity index (χ1v) is 10.2. The number of thioether (sulfide) groups is 1. The zero-order chi connectivity index (χ0) is 17.4. The quantitative estimate of drug-likeness (QED) is 0.333. The molecule has 1 aliphatic rings. The van der Waals surface area contributed by atoms with E-state index in [0.29, 0.717) is 0 Å². The van der Waals surface area contributed by atoms with Gasteiger partial charge in [-0.15, -0.1) is 11.3 Å². The Morgan fingerprint density at radius 1 is 1.58 bits per heavy atom. The molecule has 0 spiro atoms. The fourth-order valence-electron chi connectivity index (χ4n) is 2.55. The van der Waals surface area contributed by atoms with Crippen molar-refractivity contribution in [2.24, 2.45) is 10.9 Å². The molecule has 1 saturated heterocycles. The van der Waals surface area contributed by atoms with Gasteiger partial charge >= 0.3 is 0 Å².